The fourth-order valence-electron chi connectivity index (χ4n) is 3.07. The Morgan fingerprint density at radius 1 is 1.15 bits per heavy atom. The molecule has 0 aliphatic heterocycles. The number of esters is 1. The molecule has 0 aliphatic rings. The van der Waals surface area contributed by atoms with E-state index in [1.165, 1.54) is 42.1 Å². The van der Waals surface area contributed by atoms with Crippen LogP contribution in [0.15, 0.2) is 47.4 Å². The fraction of sp³-hybridized carbons (Fsp3) is 0.238. The number of aromatic nitrogens is 3. The van der Waals surface area contributed by atoms with Gasteiger partial charge in [-0.1, -0.05) is 23.7 Å². The molecule has 1 amide bonds. The van der Waals surface area contributed by atoms with E-state index in [1.54, 1.807) is 26.0 Å². The summed E-state index contributed by atoms with van der Waals surface area (Å²) >= 11 is 6.02. The zero-order valence-electron chi connectivity index (χ0n) is 18.1. The minimum atomic E-state index is -4.02. The van der Waals surface area contributed by atoms with Gasteiger partial charge in [0.05, 0.1) is 23.4 Å². The summed E-state index contributed by atoms with van der Waals surface area (Å²) in [6, 6.07) is 10.3. The predicted octanol–water partition coefficient (Wildman–Crippen LogP) is 2.45. The minimum Gasteiger partial charge on any atom is -0.465 e. The lowest BCUT2D eigenvalue weighted by Crippen LogP contribution is -2.28. The van der Waals surface area contributed by atoms with Gasteiger partial charge < -0.3 is 10.1 Å². The minimum absolute atomic E-state index is 0.0324. The Morgan fingerprint density at radius 2 is 1.88 bits per heavy atom. The molecule has 2 N–H and O–H groups in total. The first-order valence-corrected chi connectivity index (χ1v) is 11.6. The first kappa shape index (κ1) is 24.2. The van der Waals surface area contributed by atoms with E-state index in [0.29, 0.717) is 17.2 Å². The molecular weight excluding hydrogens is 470 g/mol. The van der Waals surface area contributed by atoms with Gasteiger partial charge in [-0.05, 0) is 49.7 Å². The Labute approximate surface area is 196 Å². The van der Waals surface area contributed by atoms with Crippen LogP contribution in [0.3, 0.4) is 0 Å². The van der Waals surface area contributed by atoms with Gasteiger partial charge in [-0.3, -0.25) is 9.52 Å². The van der Waals surface area contributed by atoms with Crippen molar-refractivity contribution in [2.45, 2.75) is 31.8 Å². The summed E-state index contributed by atoms with van der Waals surface area (Å²) in [7, 11) is -2.81. The molecule has 3 aromatic rings. The van der Waals surface area contributed by atoms with Gasteiger partial charge in [0.15, 0.2) is 0 Å². The van der Waals surface area contributed by atoms with Crippen molar-refractivity contribution in [3.05, 3.63) is 70.3 Å². The number of nitrogens with one attached hydrogen (secondary N) is 2. The molecule has 10 nitrogen and oxygen atoms in total. The molecule has 0 radical (unpaired) electrons. The van der Waals surface area contributed by atoms with Gasteiger partial charge in [0.1, 0.15) is 23.1 Å². The smallest absolute Gasteiger partial charge is 0.337 e. The summed E-state index contributed by atoms with van der Waals surface area (Å²) in [4.78, 5) is 28.5. The molecule has 0 fully saturated rings. The molecule has 3 rings (SSSR count). The average molecular weight is 492 g/mol. The maximum absolute atomic E-state index is 12.8. The Balaban J connectivity index is 1.81. The van der Waals surface area contributed by atoms with E-state index in [-0.39, 0.29) is 40.2 Å². The fourth-order valence-corrected chi connectivity index (χ4v) is 4.63. The largest absolute Gasteiger partial charge is 0.465 e. The van der Waals surface area contributed by atoms with Crippen molar-refractivity contribution in [1.29, 1.82) is 0 Å². The lowest BCUT2D eigenvalue weighted by molar-refractivity contribution is -0.122. The number of halogens is 1. The molecule has 1 aromatic heterocycles. The summed E-state index contributed by atoms with van der Waals surface area (Å²) in [6.45, 7) is 3.47. The normalized spacial score (nSPS) is 11.2. The molecule has 1 heterocycles. The number of nitrogens with zero attached hydrogens (tertiary/aromatic N) is 3. The number of methoxy groups -OCH3 is 1. The summed E-state index contributed by atoms with van der Waals surface area (Å²) in [5.41, 5.74) is 0.711. The van der Waals surface area contributed by atoms with Crippen LogP contribution in [0.4, 0.5) is 5.69 Å². The zero-order chi connectivity index (χ0) is 24.2. The lowest BCUT2D eigenvalue weighted by Gasteiger charge is -2.13. The first-order chi connectivity index (χ1) is 15.6. The highest BCUT2D eigenvalue weighted by atomic mass is 35.5. The van der Waals surface area contributed by atoms with E-state index in [9.17, 15) is 18.0 Å². The number of ether oxygens (including phenoxy) is 1. The van der Waals surface area contributed by atoms with Crippen molar-refractivity contribution in [3.8, 4) is 0 Å². The number of amides is 1. The second kappa shape index (κ2) is 10.0. The van der Waals surface area contributed by atoms with Crippen LogP contribution in [0.2, 0.25) is 5.02 Å². The van der Waals surface area contributed by atoms with Gasteiger partial charge in [0.25, 0.3) is 10.0 Å². The third-order valence-electron chi connectivity index (χ3n) is 4.54. The van der Waals surface area contributed by atoms with Gasteiger partial charge in [0.2, 0.25) is 5.91 Å². The standard InChI is InChI=1S/C21H22ClN5O5S/c1-13-24-14(2)27(25-13)12-20(28)23-11-15-8-16(21(29)32-3)10-17(9-15)26-33(30,31)19-7-5-4-6-18(19)22/h4-10,26H,11-12H2,1-3H3,(H,23,28). The van der Waals surface area contributed by atoms with E-state index < -0.39 is 16.0 Å². The van der Waals surface area contributed by atoms with Crippen LogP contribution in [-0.2, 0) is 32.6 Å². The summed E-state index contributed by atoms with van der Waals surface area (Å²) in [5, 5.41) is 6.92. The van der Waals surface area contributed by atoms with Crippen LogP contribution >= 0.6 is 11.6 Å². The molecule has 0 saturated carbocycles. The van der Waals surface area contributed by atoms with Crippen molar-refractivity contribution >= 4 is 39.2 Å². The SMILES string of the molecule is COC(=O)c1cc(CNC(=O)Cn2nc(C)nc2C)cc(NS(=O)(=O)c2ccccc2Cl)c1. The summed E-state index contributed by atoms with van der Waals surface area (Å²) in [5.74, 6) is 0.174. The van der Waals surface area contributed by atoms with Crippen molar-refractivity contribution in [3.63, 3.8) is 0 Å². The number of sulfonamides is 1. The van der Waals surface area contributed by atoms with Gasteiger partial charge in [0, 0.05) is 6.54 Å². The van der Waals surface area contributed by atoms with Crippen molar-refractivity contribution in [2.75, 3.05) is 11.8 Å². The maximum Gasteiger partial charge on any atom is 0.337 e. The topological polar surface area (TPSA) is 132 Å². The molecule has 0 unspecified atom stereocenters. The monoisotopic (exact) mass is 491 g/mol. The third-order valence-corrected chi connectivity index (χ3v) is 6.42. The van der Waals surface area contributed by atoms with Crippen LogP contribution in [0.25, 0.3) is 0 Å². The van der Waals surface area contributed by atoms with Gasteiger partial charge >= 0.3 is 5.97 Å². The number of aryl methyl sites for hydroxylation is 2. The van der Waals surface area contributed by atoms with Crippen molar-refractivity contribution in [1.82, 2.24) is 20.1 Å². The molecule has 0 saturated heterocycles. The van der Waals surface area contributed by atoms with Gasteiger partial charge in [-0.15, -0.1) is 0 Å². The molecule has 0 bridgehead atoms. The zero-order valence-corrected chi connectivity index (χ0v) is 19.7. The first-order valence-electron chi connectivity index (χ1n) is 9.73. The number of carbonyl (C=O) groups is 2. The van der Waals surface area contributed by atoms with Crippen LogP contribution in [0, 0.1) is 13.8 Å². The van der Waals surface area contributed by atoms with E-state index in [1.807, 2.05) is 0 Å². The van der Waals surface area contributed by atoms with Gasteiger partial charge in [-0.25, -0.2) is 22.9 Å². The molecule has 33 heavy (non-hydrogen) atoms. The number of hydrogen-bond donors (Lipinski definition) is 2. The third kappa shape index (κ3) is 6.08. The number of benzene rings is 2. The van der Waals surface area contributed by atoms with Crippen molar-refractivity contribution in [2.24, 2.45) is 0 Å². The highest BCUT2D eigenvalue weighted by Gasteiger charge is 2.19. The molecule has 2 aromatic carbocycles. The Kier molecular flexibility index (Phi) is 7.34. The van der Waals surface area contributed by atoms with Gasteiger partial charge in [-0.2, -0.15) is 5.10 Å². The number of hydrogen-bond acceptors (Lipinski definition) is 7. The quantitative estimate of drug-likeness (QED) is 0.462. The number of carbonyl (C=O) groups excluding carboxylic acids is 2. The summed E-state index contributed by atoms with van der Waals surface area (Å²) in [6.07, 6.45) is 0. The summed E-state index contributed by atoms with van der Waals surface area (Å²) < 4.78 is 34.2. The molecule has 0 atom stereocenters. The lowest BCUT2D eigenvalue weighted by atomic mass is 10.1. The highest BCUT2D eigenvalue weighted by molar-refractivity contribution is 7.92. The molecule has 12 heteroatoms. The van der Waals surface area contributed by atoms with Crippen molar-refractivity contribution < 1.29 is 22.7 Å². The maximum atomic E-state index is 12.8. The van der Waals surface area contributed by atoms with E-state index in [2.05, 4.69) is 20.1 Å². The number of rotatable bonds is 8. The van der Waals surface area contributed by atoms with E-state index >= 15 is 0 Å². The predicted molar refractivity (Wildman–Crippen MR) is 121 cm³/mol. The van der Waals surface area contributed by atoms with Crippen LogP contribution in [-0.4, -0.2) is 42.2 Å². The molecule has 0 spiro atoms. The molecule has 0 aliphatic carbocycles. The van der Waals surface area contributed by atoms with Crippen LogP contribution in [0.5, 0.6) is 0 Å². The Bertz CT molecular complexity index is 1310. The van der Waals surface area contributed by atoms with Crippen LogP contribution < -0.4 is 10.0 Å². The van der Waals surface area contributed by atoms with Crippen LogP contribution in [0.1, 0.15) is 27.6 Å². The van der Waals surface area contributed by atoms with E-state index in [4.69, 9.17) is 16.3 Å². The second-order valence-corrected chi connectivity index (χ2v) is 9.14. The Hall–Kier alpha value is -3.44. The average Bonchev–Trinajstić information content (AvgIpc) is 3.07. The molecule has 174 valence electrons. The number of anilines is 1. The highest BCUT2D eigenvalue weighted by Crippen LogP contribution is 2.25. The molecular formula is C21H22ClN5O5S. The second-order valence-electron chi connectivity index (χ2n) is 7.09. The Morgan fingerprint density at radius 3 is 2.52 bits per heavy atom. The van der Waals surface area contributed by atoms with E-state index in [0.717, 1.165) is 0 Å².